The molecule has 0 aliphatic carbocycles. The fourth-order valence-corrected chi connectivity index (χ4v) is 9.38. The summed E-state index contributed by atoms with van der Waals surface area (Å²) in [5.41, 5.74) is 3.11. The van der Waals surface area contributed by atoms with E-state index in [0.717, 1.165) is 46.2 Å². The van der Waals surface area contributed by atoms with Crippen LogP contribution >= 0.6 is 33.2 Å². The van der Waals surface area contributed by atoms with Gasteiger partial charge in [-0.25, -0.2) is 9.69 Å². The maximum absolute atomic E-state index is 13.7. The molecule has 0 saturated carbocycles. The second kappa shape index (κ2) is 16.6. The molecular formula is C38H46ClN3O7S2. The number of hydrogen-bond donors (Lipinski definition) is 2. The molecule has 51 heavy (non-hydrogen) atoms. The van der Waals surface area contributed by atoms with Crippen molar-refractivity contribution < 1.29 is 34.1 Å². The predicted octanol–water partition coefficient (Wildman–Crippen LogP) is 7.83. The van der Waals surface area contributed by atoms with E-state index in [9.17, 15) is 24.6 Å². The van der Waals surface area contributed by atoms with Gasteiger partial charge in [0, 0.05) is 59.8 Å². The lowest BCUT2D eigenvalue weighted by Gasteiger charge is -2.32. The number of anilines is 2. The molecule has 4 atom stereocenters. The Kier molecular flexibility index (Phi) is 12.2. The number of rotatable bonds is 13. The summed E-state index contributed by atoms with van der Waals surface area (Å²) < 4.78 is 11.9. The smallest absolute Gasteiger partial charge is 0.416 e. The van der Waals surface area contributed by atoms with Crippen LogP contribution in [0.25, 0.3) is 10.8 Å². The predicted molar refractivity (Wildman–Crippen MR) is 206 cm³/mol. The van der Waals surface area contributed by atoms with Crippen LogP contribution in [0.3, 0.4) is 0 Å². The number of alkyl halides is 1. The zero-order chi connectivity index (χ0) is 36.2. The van der Waals surface area contributed by atoms with Gasteiger partial charge in [-0.3, -0.25) is 9.59 Å². The molecule has 0 aromatic heterocycles. The van der Waals surface area contributed by atoms with Crippen molar-refractivity contribution in [3.05, 3.63) is 59.2 Å². The minimum absolute atomic E-state index is 0.00567. The largest absolute Gasteiger partial charge is 0.507 e. The molecule has 6 rings (SSSR count). The number of unbranched alkanes of at least 4 members (excludes halogenated alkanes) is 2. The van der Waals surface area contributed by atoms with Gasteiger partial charge in [0.25, 0.3) is 5.91 Å². The van der Waals surface area contributed by atoms with Crippen LogP contribution in [0.1, 0.15) is 79.8 Å². The number of benzene rings is 3. The maximum atomic E-state index is 13.7. The van der Waals surface area contributed by atoms with Gasteiger partial charge < -0.3 is 29.5 Å². The van der Waals surface area contributed by atoms with Crippen LogP contribution in [0, 0.1) is 6.92 Å². The molecule has 3 aliphatic rings. The molecule has 0 bridgehead atoms. The van der Waals surface area contributed by atoms with Crippen molar-refractivity contribution in [2.24, 2.45) is 0 Å². The number of aryl methyl sites for hydroxylation is 1. The second-order valence-corrected chi connectivity index (χ2v) is 16.8. The molecule has 3 aromatic carbocycles. The minimum Gasteiger partial charge on any atom is -0.507 e. The Balaban J connectivity index is 1.09. The molecule has 3 aromatic rings. The number of halogens is 1. The van der Waals surface area contributed by atoms with Crippen LogP contribution in [0.15, 0.2) is 42.5 Å². The van der Waals surface area contributed by atoms with E-state index in [1.807, 2.05) is 38.1 Å². The summed E-state index contributed by atoms with van der Waals surface area (Å²) in [6.07, 6.45) is 1.83. The molecular weight excluding hydrogens is 710 g/mol. The Labute approximate surface area is 312 Å². The molecule has 0 radical (unpaired) electrons. The quantitative estimate of drug-likeness (QED) is 0.102. The third-order valence-corrected chi connectivity index (χ3v) is 13.2. The molecule has 1 fully saturated rings. The van der Waals surface area contributed by atoms with Gasteiger partial charge in [0.15, 0.2) is 6.23 Å². The Morgan fingerprint density at radius 3 is 2.65 bits per heavy atom. The van der Waals surface area contributed by atoms with E-state index in [-0.39, 0.29) is 41.0 Å². The first-order valence-electron chi connectivity index (χ1n) is 17.8. The lowest BCUT2D eigenvalue weighted by atomic mass is 9.95. The van der Waals surface area contributed by atoms with Crippen LogP contribution in [0.4, 0.5) is 16.2 Å². The number of carbonyl (C=O) groups excluding carboxylic acids is 3. The molecule has 1 saturated heterocycles. The van der Waals surface area contributed by atoms with Crippen molar-refractivity contribution in [3.8, 4) is 11.5 Å². The normalized spacial score (nSPS) is 20.2. The number of aliphatic hydroxyl groups excluding tert-OH is 1. The summed E-state index contributed by atoms with van der Waals surface area (Å²) in [7, 11) is 3.33. The zero-order valence-corrected chi connectivity index (χ0v) is 31.7. The van der Waals surface area contributed by atoms with E-state index in [1.54, 1.807) is 49.6 Å². The average molecular weight is 756 g/mol. The summed E-state index contributed by atoms with van der Waals surface area (Å²) in [5, 5.41) is 23.9. The highest BCUT2D eigenvalue weighted by molar-refractivity contribution is 8.76. The average Bonchev–Trinajstić information content (AvgIpc) is 3.76. The zero-order valence-electron chi connectivity index (χ0n) is 29.3. The third-order valence-electron chi connectivity index (χ3n) is 9.86. The number of nitrogens with zero attached hydrogens (tertiary/aromatic N) is 3. The van der Waals surface area contributed by atoms with Gasteiger partial charge in [0.1, 0.15) is 18.1 Å². The number of carbonyl (C=O) groups is 3. The number of amides is 3. The van der Waals surface area contributed by atoms with E-state index in [0.29, 0.717) is 62.6 Å². The fourth-order valence-electron chi connectivity index (χ4n) is 7.36. The summed E-state index contributed by atoms with van der Waals surface area (Å²) >= 11 is 6.34. The fraction of sp³-hybridized carbons (Fsp3) is 0.500. The van der Waals surface area contributed by atoms with Crippen molar-refractivity contribution in [3.63, 3.8) is 0 Å². The van der Waals surface area contributed by atoms with Crippen molar-refractivity contribution in [1.82, 2.24) is 4.90 Å². The number of aromatic hydroxyl groups is 1. The van der Waals surface area contributed by atoms with Crippen LogP contribution < -0.4 is 14.5 Å². The molecule has 3 heterocycles. The lowest BCUT2D eigenvalue weighted by Crippen LogP contribution is -2.51. The number of phenols is 1. The van der Waals surface area contributed by atoms with Crippen LogP contribution in [0.5, 0.6) is 11.5 Å². The van der Waals surface area contributed by atoms with E-state index in [2.05, 4.69) is 6.92 Å². The number of ether oxygens (including phenoxy) is 2. The topological polar surface area (TPSA) is 120 Å². The highest BCUT2D eigenvalue weighted by Crippen LogP contribution is 2.45. The Morgan fingerprint density at radius 1 is 1.10 bits per heavy atom. The Bertz CT molecular complexity index is 1780. The molecule has 2 N–H and O–H groups in total. The Hall–Kier alpha value is -3.32. The van der Waals surface area contributed by atoms with Gasteiger partial charge >= 0.3 is 6.09 Å². The lowest BCUT2D eigenvalue weighted by molar-refractivity contribution is -0.118. The van der Waals surface area contributed by atoms with E-state index < -0.39 is 18.4 Å². The molecule has 3 amide bonds. The summed E-state index contributed by atoms with van der Waals surface area (Å²) in [6, 6.07) is 12.2. The first kappa shape index (κ1) is 37.4. The van der Waals surface area contributed by atoms with Gasteiger partial charge in [-0.05, 0) is 68.5 Å². The van der Waals surface area contributed by atoms with Crippen molar-refractivity contribution in [1.29, 1.82) is 0 Å². The Morgan fingerprint density at radius 2 is 1.88 bits per heavy atom. The number of hydrogen-bond acceptors (Lipinski definition) is 9. The van der Waals surface area contributed by atoms with Gasteiger partial charge in [-0.1, -0.05) is 52.8 Å². The maximum Gasteiger partial charge on any atom is 0.416 e. The first-order chi connectivity index (χ1) is 24.6. The third kappa shape index (κ3) is 7.75. The van der Waals surface area contributed by atoms with Crippen LogP contribution in [0.2, 0.25) is 0 Å². The minimum atomic E-state index is -1.25. The van der Waals surface area contributed by atoms with Crippen molar-refractivity contribution >= 4 is 73.2 Å². The van der Waals surface area contributed by atoms with Crippen molar-refractivity contribution in [2.45, 2.75) is 82.7 Å². The highest BCUT2D eigenvalue weighted by atomic mass is 35.5. The number of fused-ring (bicyclic) bond motifs is 5. The van der Waals surface area contributed by atoms with Crippen LogP contribution in [-0.4, -0.2) is 88.5 Å². The molecule has 0 spiro atoms. The molecule has 274 valence electrons. The summed E-state index contributed by atoms with van der Waals surface area (Å²) in [4.78, 5) is 45.3. The number of phenolic OH excluding ortho intramolecular Hbond substituents is 1. The van der Waals surface area contributed by atoms with Gasteiger partial charge in [0.05, 0.1) is 29.6 Å². The molecule has 13 heteroatoms. The summed E-state index contributed by atoms with van der Waals surface area (Å²) in [6.45, 7) is 7.45. The molecule has 3 aliphatic heterocycles. The summed E-state index contributed by atoms with van der Waals surface area (Å²) in [5.74, 6) is 1.75. The van der Waals surface area contributed by atoms with Gasteiger partial charge in [-0.15, -0.1) is 11.6 Å². The first-order valence-corrected chi connectivity index (χ1v) is 20.7. The van der Waals surface area contributed by atoms with Gasteiger partial charge in [-0.2, -0.15) is 0 Å². The second-order valence-electron chi connectivity index (χ2n) is 13.4. The molecule has 10 nitrogen and oxygen atoms in total. The standard InChI is InChI=1S/C38H46ClN3O7S2/c1-4-50-51-24(3)22-49-38(47)42-30-19-33(23(2)17-28(30)36(45)40-15-10-13-29(40)37(42)46)48-16-9-5-6-14-34(44)41-21-25(20-39)35-27-12-8-7-11-26(27)32(43)18-31(35)41/h7-8,11-12,17-19,24-25,29,37,43,46H,4-6,9-10,13-16,20-22H2,1-3H3/t24?,25-,29+,37?/m1/s1. The SMILES string of the molecule is CCSSC(C)COC(=O)N1c2cc(OCCCCCC(=O)N3C[C@@H](CCl)c4c3cc(O)c3ccccc43)c(C)cc2C(=O)N2CCC[C@H]2C1O. The molecule has 2 unspecified atom stereocenters. The van der Waals surface area contributed by atoms with Gasteiger partial charge in [0.2, 0.25) is 5.91 Å². The van der Waals surface area contributed by atoms with Crippen molar-refractivity contribution in [2.75, 3.05) is 47.7 Å². The monoisotopic (exact) mass is 755 g/mol. The van der Waals surface area contributed by atoms with Crippen LogP contribution in [-0.2, 0) is 9.53 Å². The van der Waals surface area contributed by atoms with E-state index >= 15 is 0 Å². The van der Waals surface area contributed by atoms with E-state index in [4.69, 9.17) is 21.1 Å². The highest BCUT2D eigenvalue weighted by Gasteiger charge is 2.45. The number of aliphatic hydroxyl groups is 1. The van der Waals surface area contributed by atoms with E-state index in [1.165, 1.54) is 4.90 Å².